The summed E-state index contributed by atoms with van der Waals surface area (Å²) in [6, 6.07) is 3.30. The van der Waals surface area contributed by atoms with Gasteiger partial charge in [-0.15, -0.1) is 0 Å². The number of nitrogens with zero attached hydrogens (tertiary/aromatic N) is 1. The molecule has 1 fully saturated rings. The number of aromatic nitrogens is 1. The van der Waals surface area contributed by atoms with E-state index in [9.17, 15) is 9.59 Å². The Bertz CT molecular complexity index is 614. The van der Waals surface area contributed by atoms with Gasteiger partial charge in [0.15, 0.2) is 0 Å². The van der Waals surface area contributed by atoms with E-state index in [0.29, 0.717) is 30.0 Å². The maximum Gasteiger partial charge on any atom is 0.313 e. The molecule has 2 aliphatic carbocycles. The van der Waals surface area contributed by atoms with Crippen LogP contribution in [0.1, 0.15) is 12.8 Å². The van der Waals surface area contributed by atoms with Gasteiger partial charge in [0.05, 0.1) is 7.11 Å². The molecular weight excluding hydrogens is 282 g/mol. The van der Waals surface area contributed by atoms with Crippen molar-refractivity contribution in [3.8, 4) is 5.88 Å². The molecule has 0 aliphatic heterocycles. The van der Waals surface area contributed by atoms with Crippen LogP contribution in [0.15, 0.2) is 30.5 Å². The van der Waals surface area contributed by atoms with E-state index in [4.69, 9.17) is 4.74 Å². The normalized spacial score (nSPS) is 25.0. The number of fused-ring (bicyclic) bond motifs is 2. The lowest BCUT2D eigenvalue weighted by Crippen LogP contribution is -2.38. The van der Waals surface area contributed by atoms with E-state index in [0.717, 1.165) is 6.42 Å². The summed E-state index contributed by atoms with van der Waals surface area (Å²) in [6.07, 6.45) is 8.31. The Kier molecular flexibility index (Phi) is 4.09. The minimum atomic E-state index is -0.704. The maximum absolute atomic E-state index is 11.9. The first-order chi connectivity index (χ1) is 10.7. The molecule has 2 bridgehead atoms. The molecule has 1 aromatic rings. The van der Waals surface area contributed by atoms with E-state index in [-0.39, 0.29) is 5.88 Å². The van der Waals surface area contributed by atoms with Gasteiger partial charge in [0.2, 0.25) is 5.88 Å². The fraction of sp³-hybridized carbons (Fsp3) is 0.438. The summed E-state index contributed by atoms with van der Waals surface area (Å²) in [5.74, 6) is 0.594. The number of carbonyl (C=O) groups excluding carboxylic acids is 2. The molecule has 0 saturated heterocycles. The summed E-state index contributed by atoms with van der Waals surface area (Å²) in [5.41, 5.74) is 0.382. The molecule has 2 amide bonds. The maximum atomic E-state index is 11.9. The number of ether oxygens (including phenoxy) is 1. The zero-order valence-electron chi connectivity index (χ0n) is 12.4. The van der Waals surface area contributed by atoms with Crippen molar-refractivity contribution in [2.75, 3.05) is 19.0 Å². The van der Waals surface area contributed by atoms with Crippen molar-refractivity contribution < 1.29 is 14.3 Å². The van der Waals surface area contributed by atoms with Crippen molar-refractivity contribution in [2.45, 2.75) is 12.8 Å². The second-order valence-electron chi connectivity index (χ2n) is 5.76. The number of rotatable bonds is 4. The molecule has 0 radical (unpaired) electrons. The van der Waals surface area contributed by atoms with Crippen molar-refractivity contribution in [1.82, 2.24) is 10.3 Å². The fourth-order valence-corrected chi connectivity index (χ4v) is 3.26. The van der Waals surface area contributed by atoms with Crippen molar-refractivity contribution >= 4 is 17.5 Å². The molecule has 3 unspecified atom stereocenters. The smallest absolute Gasteiger partial charge is 0.313 e. The predicted molar refractivity (Wildman–Crippen MR) is 81.3 cm³/mol. The van der Waals surface area contributed by atoms with Crippen molar-refractivity contribution in [3.63, 3.8) is 0 Å². The second-order valence-corrected chi connectivity index (χ2v) is 5.76. The highest BCUT2D eigenvalue weighted by Crippen LogP contribution is 2.42. The highest BCUT2D eigenvalue weighted by molar-refractivity contribution is 6.39. The van der Waals surface area contributed by atoms with Crippen LogP contribution in [0, 0.1) is 17.8 Å². The first-order valence-electron chi connectivity index (χ1n) is 7.44. The van der Waals surface area contributed by atoms with E-state index in [2.05, 4.69) is 27.8 Å². The van der Waals surface area contributed by atoms with Crippen molar-refractivity contribution in [2.24, 2.45) is 17.8 Å². The SMILES string of the molecule is COc1ncccc1NC(=O)C(=O)NCC1CC2C=CC1C2. The van der Waals surface area contributed by atoms with Gasteiger partial charge in [-0.05, 0) is 42.7 Å². The van der Waals surface area contributed by atoms with Gasteiger partial charge in [0.1, 0.15) is 5.69 Å². The lowest BCUT2D eigenvalue weighted by atomic mass is 9.94. The molecular formula is C16H19N3O3. The molecule has 116 valence electrons. The molecule has 2 N–H and O–H groups in total. The molecule has 6 nitrogen and oxygen atoms in total. The Morgan fingerprint density at radius 3 is 2.86 bits per heavy atom. The Morgan fingerprint density at radius 2 is 2.18 bits per heavy atom. The van der Waals surface area contributed by atoms with E-state index >= 15 is 0 Å². The predicted octanol–water partition coefficient (Wildman–Crippen LogP) is 1.36. The van der Waals surface area contributed by atoms with Crippen LogP contribution < -0.4 is 15.4 Å². The van der Waals surface area contributed by atoms with Gasteiger partial charge in [-0.1, -0.05) is 12.2 Å². The molecule has 22 heavy (non-hydrogen) atoms. The monoisotopic (exact) mass is 301 g/mol. The number of carbonyl (C=O) groups is 2. The number of amides is 2. The minimum Gasteiger partial charge on any atom is -0.480 e. The molecule has 0 aromatic carbocycles. The molecule has 0 spiro atoms. The quantitative estimate of drug-likeness (QED) is 0.650. The van der Waals surface area contributed by atoms with Gasteiger partial charge in [-0.3, -0.25) is 9.59 Å². The summed E-state index contributed by atoms with van der Waals surface area (Å²) < 4.78 is 5.04. The Morgan fingerprint density at radius 1 is 1.32 bits per heavy atom. The first-order valence-corrected chi connectivity index (χ1v) is 7.44. The number of methoxy groups -OCH3 is 1. The molecule has 3 rings (SSSR count). The van der Waals surface area contributed by atoms with Crippen LogP contribution in [0.2, 0.25) is 0 Å². The number of allylic oxidation sites excluding steroid dienone is 2. The van der Waals surface area contributed by atoms with Crippen LogP contribution in [0.4, 0.5) is 5.69 Å². The summed E-state index contributed by atoms with van der Waals surface area (Å²) >= 11 is 0. The van der Waals surface area contributed by atoms with E-state index in [1.807, 2.05) is 0 Å². The van der Waals surface area contributed by atoms with Gasteiger partial charge in [-0.2, -0.15) is 0 Å². The van der Waals surface area contributed by atoms with Gasteiger partial charge in [0, 0.05) is 12.7 Å². The summed E-state index contributed by atoms with van der Waals surface area (Å²) in [6.45, 7) is 0.544. The summed E-state index contributed by atoms with van der Waals surface area (Å²) in [7, 11) is 1.46. The molecule has 6 heteroatoms. The third-order valence-corrected chi connectivity index (χ3v) is 4.36. The van der Waals surface area contributed by atoms with Gasteiger partial charge >= 0.3 is 11.8 Å². The fourth-order valence-electron chi connectivity index (χ4n) is 3.26. The number of nitrogens with one attached hydrogen (secondary N) is 2. The zero-order valence-corrected chi connectivity index (χ0v) is 12.4. The largest absolute Gasteiger partial charge is 0.480 e. The number of pyridine rings is 1. The molecule has 1 saturated carbocycles. The van der Waals surface area contributed by atoms with Crippen molar-refractivity contribution in [1.29, 1.82) is 0 Å². The standard InChI is InChI=1S/C16H19N3O3/c1-22-16-13(3-2-6-17-16)19-15(21)14(20)18-9-12-8-10-4-5-11(12)7-10/h2-6,10-12H,7-9H2,1H3,(H,18,20)(H,19,21). The van der Waals surface area contributed by atoms with Crippen molar-refractivity contribution in [3.05, 3.63) is 30.5 Å². The Hall–Kier alpha value is -2.37. The minimum absolute atomic E-state index is 0.280. The van der Waals surface area contributed by atoms with Gasteiger partial charge < -0.3 is 15.4 Å². The molecule has 1 aromatic heterocycles. The molecule has 2 aliphatic rings. The lowest BCUT2D eigenvalue weighted by Gasteiger charge is -2.18. The topological polar surface area (TPSA) is 80.3 Å². The van der Waals surface area contributed by atoms with Crippen LogP contribution >= 0.6 is 0 Å². The van der Waals surface area contributed by atoms with Crippen LogP contribution in [-0.2, 0) is 9.59 Å². The number of anilines is 1. The lowest BCUT2D eigenvalue weighted by molar-refractivity contribution is -0.136. The van der Waals surface area contributed by atoms with Crippen LogP contribution in [0.3, 0.4) is 0 Å². The third kappa shape index (κ3) is 2.95. The van der Waals surface area contributed by atoms with Crippen LogP contribution in [-0.4, -0.2) is 30.5 Å². The highest BCUT2D eigenvalue weighted by Gasteiger charge is 2.35. The third-order valence-electron chi connectivity index (χ3n) is 4.36. The van der Waals surface area contributed by atoms with Gasteiger partial charge in [-0.25, -0.2) is 4.98 Å². The average Bonchev–Trinajstić information content (AvgIpc) is 3.15. The van der Waals surface area contributed by atoms with Crippen LogP contribution in [0.5, 0.6) is 5.88 Å². The number of hydrogen-bond acceptors (Lipinski definition) is 4. The summed E-state index contributed by atoms with van der Waals surface area (Å²) in [5, 5.41) is 5.24. The average molecular weight is 301 g/mol. The molecule has 1 heterocycles. The summed E-state index contributed by atoms with van der Waals surface area (Å²) in [4.78, 5) is 27.8. The Labute approximate surface area is 129 Å². The van der Waals surface area contributed by atoms with E-state index in [1.165, 1.54) is 13.5 Å². The Balaban J connectivity index is 1.52. The van der Waals surface area contributed by atoms with E-state index < -0.39 is 11.8 Å². The van der Waals surface area contributed by atoms with Crippen LogP contribution in [0.25, 0.3) is 0 Å². The van der Waals surface area contributed by atoms with E-state index in [1.54, 1.807) is 18.3 Å². The number of hydrogen-bond donors (Lipinski definition) is 2. The highest BCUT2D eigenvalue weighted by atomic mass is 16.5. The zero-order chi connectivity index (χ0) is 15.5. The first kappa shape index (κ1) is 14.6. The molecule has 3 atom stereocenters. The van der Waals surface area contributed by atoms with Gasteiger partial charge in [0.25, 0.3) is 0 Å². The second kappa shape index (κ2) is 6.17.